The van der Waals surface area contributed by atoms with Gasteiger partial charge in [0.25, 0.3) is 0 Å². The van der Waals surface area contributed by atoms with Crippen molar-refractivity contribution in [1.29, 1.82) is 0 Å². The molecule has 6 rings (SSSR count). The molecule has 0 atom stereocenters. The smallest absolute Gasteiger partial charge is 0.123 e. The third kappa shape index (κ3) is 2.51. The molecule has 0 amide bonds. The number of aromatic nitrogens is 1. The first-order valence-electron chi connectivity index (χ1n) is 10.7. The molecule has 4 aromatic carbocycles. The van der Waals surface area contributed by atoms with Crippen molar-refractivity contribution in [2.75, 3.05) is 0 Å². The fourth-order valence-corrected chi connectivity index (χ4v) is 5.39. The van der Waals surface area contributed by atoms with Crippen molar-refractivity contribution in [2.24, 2.45) is 0 Å². The molecule has 0 bridgehead atoms. The Morgan fingerprint density at radius 3 is 2.32 bits per heavy atom. The molecule has 0 spiro atoms. The second-order valence-corrected chi connectivity index (χ2v) is 9.09. The summed E-state index contributed by atoms with van der Waals surface area (Å²) < 4.78 is 14.1. The summed E-state index contributed by atoms with van der Waals surface area (Å²) in [5, 5.41) is 4.80. The van der Waals surface area contributed by atoms with Crippen molar-refractivity contribution in [1.82, 2.24) is 4.98 Å². The predicted molar refractivity (Wildman–Crippen MR) is 127 cm³/mol. The van der Waals surface area contributed by atoms with E-state index in [-0.39, 0.29) is 11.2 Å². The quantitative estimate of drug-likeness (QED) is 0.260. The van der Waals surface area contributed by atoms with Gasteiger partial charge in [0.2, 0.25) is 0 Å². The maximum atomic E-state index is 14.1. The summed E-state index contributed by atoms with van der Waals surface area (Å²) in [5.74, 6) is -0.178. The highest BCUT2D eigenvalue weighted by Crippen LogP contribution is 2.52. The zero-order valence-electron chi connectivity index (χ0n) is 17.8. The zero-order chi connectivity index (χ0) is 21.3. The number of rotatable bonds is 1. The number of benzene rings is 4. The average molecular weight is 404 g/mol. The predicted octanol–water partition coefficient (Wildman–Crippen LogP) is 7.81. The zero-order valence-corrected chi connectivity index (χ0v) is 17.8. The van der Waals surface area contributed by atoms with Crippen LogP contribution in [0.1, 0.15) is 30.5 Å². The van der Waals surface area contributed by atoms with E-state index in [2.05, 4.69) is 75.4 Å². The van der Waals surface area contributed by atoms with Crippen LogP contribution in [0.4, 0.5) is 4.39 Å². The van der Waals surface area contributed by atoms with Gasteiger partial charge in [0, 0.05) is 22.6 Å². The van der Waals surface area contributed by atoms with Gasteiger partial charge in [-0.15, -0.1) is 0 Å². The molecule has 150 valence electrons. The molecule has 1 nitrogen and oxygen atoms in total. The molecule has 0 saturated heterocycles. The number of hydrogen-bond acceptors (Lipinski definition) is 1. The fourth-order valence-electron chi connectivity index (χ4n) is 5.39. The first-order chi connectivity index (χ1) is 14.9. The van der Waals surface area contributed by atoms with Gasteiger partial charge in [-0.25, -0.2) is 4.39 Å². The second kappa shape index (κ2) is 6.24. The third-order valence-corrected chi connectivity index (χ3v) is 6.80. The minimum absolute atomic E-state index is 0.178. The molecule has 2 heteroatoms. The van der Waals surface area contributed by atoms with Crippen molar-refractivity contribution in [3.63, 3.8) is 0 Å². The Bertz CT molecular complexity index is 1530. The molecule has 31 heavy (non-hydrogen) atoms. The van der Waals surface area contributed by atoms with E-state index in [9.17, 15) is 4.39 Å². The van der Waals surface area contributed by atoms with Crippen LogP contribution < -0.4 is 0 Å². The Hall–Kier alpha value is -3.52. The van der Waals surface area contributed by atoms with Crippen molar-refractivity contribution in [3.05, 3.63) is 102 Å². The molecule has 0 radical (unpaired) electrons. The molecule has 0 aliphatic heterocycles. The molecule has 0 N–H and O–H groups in total. The molecule has 0 unspecified atom stereocenters. The highest BCUT2D eigenvalue weighted by molar-refractivity contribution is 6.14. The average Bonchev–Trinajstić information content (AvgIpc) is 2.99. The van der Waals surface area contributed by atoms with Crippen LogP contribution >= 0.6 is 0 Å². The largest absolute Gasteiger partial charge is 0.256 e. The van der Waals surface area contributed by atoms with Gasteiger partial charge in [0.1, 0.15) is 5.82 Å². The Morgan fingerprint density at radius 1 is 0.742 bits per heavy atom. The molecule has 1 aliphatic carbocycles. The van der Waals surface area contributed by atoms with E-state index in [0.29, 0.717) is 0 Å². The minimum atomic E-state index is -0.258. The van der Waals surface area contributed by atoms with Crippen LogP contribution in [0, 0.1) is 12.7 Å². The van der Waals surface area contributed by atoms with Gasteiger partial charge in [-0.2, -0.15) is 0 Å². The van der Waals surface area contributed by atoms with Crippen LogP contribution in [0.15, 0.2) is 79.0 Å². The number of hydrogen-bond donors (Lipinski definition) is 0. The summed E-state index contributed by atoms with van der Waals surface area (Å²) in [4.78, 5) is 4.73. The number of fused-ring (bicyclic) bond motifs is 7. The Morgan fingerprint density at radius 2 is 1.48 bits per heavy atom. The van der Waals surface area contributed by atoms with E-state index < -0.39 is 0 Å². The molecule has 5 aromatic rings. The summed E-state index contributed by atoms with van der Waals surface area (Å²) in [5.41, 5.74) is 7.79. The summed E-state index contributed by atoms with van der Waals surface area (Å²) in [6.07, 6.45) is 1.90. The maximum absolute atomic E-state index is 14.1. The summed E-state index contributed by atoms with van der Waals surface area (Å²) in [6, 6.07) is 24.6. The van der Waals surface area contributed by atoms with Gasteiger partial charge < -0.3 is 0 Å². The van der Waals surface area contributed by atoms with E-state index >= 15 is 0 Å². The molecule has 0 saturated carbocycles. The van der Waals surface area contributed by atoms with Gasteiger partial charge in [0.15, 0.2) is 0 Å². The molecular formula is C29H22FN. The van der Waals surface area contributed by atoms with E-state index in [1.165, 1.54) is 32.8 Å². The Balaban J connectivity index is 1.67. The lowest BCUT2D eigenvalue weighted by atomic mass is 9.79. The van der Waals surface area contributed by atoms with Gasteiger partial charge in [-0.1, -0.05) is 67.9 Å². The van der Waals surface area contributed by atoms with Crippen LogP contribution in [0.3, 0.4) is 0 Å². The standard InChI is InChI=1S/C29H22FN/c1-17-5-4-6-18(15-17)28-25-12-11-23-20(21(25)13-14-31-28)9-10-24-22-8-7-19(30)16-26(22)29(2,3)27(23)24/h4-16H,1-3H3. The highest BCUT2D eigenvalue weighted by atomic mass is 19.1. The topological polar surface area (TPSA) is 12.9 Å². The van der Waals surface area contributed by atoms with E-state index in [1.807, 2.05) is 12.3 Å². The first kappa shape index (κ1) is 18.3. The molecule has 0 fully saturated rings. The second-order valence-electron chi connectivity index (χ2n) is 9.09. The summed E-state index contributed by atoms with van der Waals surface area (Å²) >= 11 is 0. The molecule has 1 heterocycles. The number of aryl methyl sites for hydroxylation is 1. The lowest BCUT2D eigenvalue weighted by Crippen LogP contribution is -2.15. The SMILES string of the molecule is Cc1cccc(-c2nccc3c2ccc2c4c(ccc23)-c2ccc(F)cc2C4(C)C)c1. The van der Waals surface area contributed by atoms with E-state index in [0.717, 1.165) is 27.8 Å². The molecule has 1 aliphatic rings. The molecular weight excluding hydrogens is 381 g/mol. The highest BCUT2D eigenvalue weighted by Gasteiger charge is 2.37. The lowest BCUT2D eigenvalue weighted by Gasteiger charge is -2.23. The van der Waals surface area contributed by atoms with Crippen LogP contribution in [-0.4, -0.2) is 4.98 Å². The number of halogens is 1. The van der Waals surface area contributed by atoms with Gasteiger partial charge >= 0.3 is 0 Å². The number of pyridine rings is 1. The first-order valence-corrected chi connectivity index (χ1v) is 10.7. The maximum Gasteiger partial charge on any atom is 0.123 e. The van der Waals surface area contributed by atoms with Crippen molar-refractivity contribution in [3.8, 4) is 22.4 Å². The normalized spacial score (nSPS) is 14.1. The monoisotopic (exact) mass is 403 g/mol. The Kier molecular flexibility index (Phi) is 3.68. The minimum Gasteiger partial charge on any atom is -0.256 e. The van der Waals surface area contributed by atoms with Crippen LogP contribution in [0.25, 0.3) is 43.9 Å². The van der Waals surface area contributed by atoms with Crippen LogP contribution in [0.5, 0.6) is 0 Å². The molecule has 1 aromatic heterocycles. The van der Waals surface area contributed by atoms with Crippen molar-refractivity contribution >= 4 is 21.5 Å². The summed E-state index contributed by atoms with van der Waals surface area (Å²) in [6.45, 7) is 6.51. The lowest BCUT2D eigenvalue weighted by molar-refractivity contribution is 0.610. The summed E-state index contributed by atoms with van der Waals surface area (Å²) in [7, 11) is 0. The van der Waals surface area contributed by atoms with Gasteiger partial charge in [-0.05, 0) is 69.6 Å². The van der Waals surface area contributed by atoms with Crippen molar-refractivity contribution in [2.45, 2.75) is 26.2 Å². The van der Waals surface area contributed by atoms with Gasteiger partial charge in [-0.3, -0.25) is 4.98 Å². The fraction of sp³-hybridized carbons (Fsp3) is 0.138. The Labute approximate surface area is 181 Å². The number of nitrogens with zero attached hydrogens (tertiary/aromatic N) is 1. The van der Waals surface area contributed by atoms with Crippen molar-refractivity contribution < 1.29 is 4.39 Å². The van der Waals surface area contributed by atoms with Crippen LogP contribution in [0.2, 0.25) is 0 Å². The van der Waals surface area contributed by atoms with Crippen LogP contribution in [-0.2, 0) is 5.41 Å². The third-order valence-electron chi connectivity index (χ3n) is 6.80. The van der Waals surface area contributed by atoms with Gasteiger partial charge in [0.05, 0.1) is 5.69 Å². The van der Waals surface area contributed by atoms with E-state index in [1.54, 1.807) is 12.1 Å². The van der Waals surface area contributed by atoms with E-state index in [4.69, 9.17) is 4.98 Å².